The number of piperazine rings is 1. The fourth-order valence-corrected chi connectivity index (χ4v) is 3.72. The third-order valence-electron chi connectivity index (χ3n) is 5.63. The molecule has 3 aromatic rings. The van der Waals surface area contributed by atoms with Gasteiger partial charge in [0.15, 0.2) is 0 Å². The lowest BCUT2D eigenvalue weighted by Crippen LogP contribution is -3.15. The molecule has 1 saturated heterocycles. The molecule has 0 radical (unpaired) electrons. The first-order valence-electron chi connectivity index (χ1n) is 10.8. The standard InChI is InChI=1S/C25H28N4O2/c30-25(29-18-16-28(17-19-29)15-12-21-10-13-26-14-11-21)27-23-6-8-24(9-7-23)31-20-22-4-2-1-3-5-22/h1-11,13-14H,12,15-20H2,(H,27,30)/p+1. The van der Waals surface area contributed by atoms with Gasteiger partial charge in [0.25, 0.3) is 0 Å². The second kappa shape index (κ2) is 10.6. The Kier molecular flexibility index (Phi) is 7.13. The highest BCUT2D eigenvalue weighted by atomic mass is 16.5. The van der Waals surface area contributed by atoms with E-state index in [1.54, 1.807) is 4.90 Å². The highest BCUT2D eigenvalue weighted by Gasteiger charge is 2.23. The van der Waals surface area contributed by atoms with E-state index in [-0.39, 0.29) is 6.03 Å². The van der Waals surface area contributed by atoms with Crippen molar-refractivity contribution in [2.75, 3.05) is 38.0 Å². The lowest BCUT2D eigenvalue weighted by atomic mass is 10.2. The lowest BCUT2D eigenvalue weighted by molar-refractivity contribution is -0.903. The molecular weight excluding hydrogens is 388 g/mol. The van der Waals surface area contributed by atoms with Crippen LogP contribution in [0.15, 0.2) is 79.1 Å². The summed E-state index contributed by atoms with van der Waals surface area (Å²) in [6.07, 6.45) is 4.73. The first kappa shape index (κ1) is 20.9. The number of quaternary nitrogens is 1. The number of hydrogen-bond acceptors (Lipinski definition) is 3. The number of carbonyl (C=O) groups is 1. The van der Waals surface area contributed by atoms with Crippen LogP contribution in [0.25, 0.3) is 0 Å². The van der Waals surface area contributed by atoms with Crippen LogP contribution in [-0.2, 0) is 13.0 Å². The van der Waals surface area contributed by atoms with Crippen molar-refractivity contribution in [2.24, 2.45) is 0 Å². The van der Waals surface area contributed by atoms with E-state index in [1.807, 2.05) is 71.9 Å². The van der Waals surface area contributed by atoms with E-state index < -0.39 is 0 Å². The van der Waals surface area contributed by atoms with Gasteiger partial charge in [0, 0.05) is 24.5 Å². The van der Waals surface area contributed by atoms with Gasteiger partial charge >= 0.3 is 6.03 Å². The Hall–Kier alpha value is -3.38. The number of ether oxygens (including phenoxy) is 1. The first-order chi connectivity index (χ1) is 15.3. The number of benzene rings is 2. The van der Waals surface area contributed by atoms with Crippen LogP contribution in [0.2, 0.25) is 0 Å². The largest absolute Gasteiger partial charge is 0.489 e. The van der Waals surface area contributed by atoms with Gasteiger partial charge in [-0.1, -0.05) is 30.3 Å². The molecular formula is C25H29N4O2+. The third-order valence-corrected chi connectivity index (χ3v) is 5.63. The van der Waals surface area contributed by atoms with Crippen LogP contribution in [-0.4, -0.2) is 48.6 Å². The molecule has 2 amide bonds. The average molecular weight is 418 g/mol. The minimum atomic E-state index is -0.0360. The van der Waals surface area contributed by atoms with Crippen molar-refractivity contribution < 1.29 is 14.4 Å². The number of rotatable bonds is 7. The minimum Gasteiger partial charge on any atom is -0.489 e. The number of nitrogens with zero attached hydrogens (tertiary/aromatic N) is 2. The molecule has 2 N–H and O–H groups in total. The van der Waals surface area contributed by atoms with Crippen molar-refractivity contribution in [1.29, 1.82) is 0 Å². The molecule has 0 saturated carbocycles. The molecule has 2 heterocycles. The zero-order valence-electron chi connectivity index (χ0n) is 17.7. The Morgan fingerprint density at radius 2 is 1.65 bits per heavy atom. The van der Waals surface area contributed by atoms with Gasteiger partial charge < -0.3 is 19.9 Å². The maximum Gasteiger partial charge on any atom is 0.322 e. The summed E-state index contributed by atoms with van der Waals surface area (Å²) in [6, 6.07) is 21.7. The Labute approximate surface area is 183 Å². The molecule has 1 fully saturated rings. The van der Waals surface area contributed by atoms with E-state index in [2.05, 4.69) is 22.4 Å². The molecule has 31 heavy (non-hydrogen) atoms. The summed E-state index contributed by atoms with van der Waals surface area (Å²) in [5.74, 6) is 0.785. The quantitative estimate of drug-likeness (QED) is 0.621. The van der Waals surface area contributed by atoms with E-state index in [9.17, 15) is 4.79 Å². The van der Waals surface area contributed by atoms with Crippen LogP contribution >= 0.6 is 0 Å². The van der Waals surface area contributed by atoms with Gasteiger partial charge in [0.05, 0.1) is 32.7 Å². The van der Waals surface area contributed by atoms with Crippen molar-refractivity contribution >= 4 is 11.7 Å². The van der Waals surface area contributed by atoms with Crippen LogP contribution in [0, 0.1) is 0 Å². The molecule has 6 nitrogen and oxygen atoms in total. The summed E-state index contributed by atoms with van der Waals surface area (Å²) in [7, 11) is 0. The van der Waals surface area contributed by atoms with Crippen LogP contribution in [0.1, 0.15) is 11.1 Å². The molecule has 160 valence electrons. The maximum atomic E-state index is 12.6. The fraction of sp³-hybridized carbons (Fsp3) is 0.280. The van der Waals surface area contributed by atoms with E-state index in [1.165, 1.54) is 5.56 Å². The van der Waals surface area contributed by atoms with E-state index in [0.717, 1.165) is 56.1 Å². The number of pyridine rings is 1. The van der Waals surface area contributed by atoms with Crippen LogP contribution in [0.4, 0.5) is 10.5 Å². The summed E-state index contributed by atoms with van der Waals surface area (Å²) >= 11 is 0. The highest BCUT2D eigenvalue weighted by Crippen LogP contribution is 2.17. The summed E-state index contributed by atoms with van der Waals surface area (Å²) in [6.45, 7) is 5.12. The molecule has 6 heteroatoms. The number of aromatic nitrogens is 1. The van der Waals surface area contributed by atoms with Crippen LogP contribution in [0.5, 0.6) is 5.75 Å². The number of hydrogen-bond donors (Lipinski definition) is 2. The van der Waals surface area contributed by atoms with Gasteiger partial charge in [-0.25, -0.2) is 4.79 Å². The van der Waals surface area contributed by atoms with Crippen LogP contribution in [0.3, 0.4) is 0 Å². The lowest BCUT2D eigenvalue weighted by Gasteiger charge is -2.32. The first-order valence-corrected chi connectivity index (χ1v) is 10.8. The number of urea groups is 1. The number of carbonyl (C=O) groups excluding carboxylic acids is 1. The van der Waals surface area contributed by atoms with E-state index in [0.29, 0.717) is 6.61 Å². The number of anilines is 1. The SMILES string of the molecule is O=C(Nc1ccc(OCc2ccccc2)cc1)N1CC[NH+](CCc2ccncc2)CC1. The van der Waals surface area contributed by atoms with Gasteiger partial charge in [-0.05, 0) is 47.5 Å². The second-order valence-electron chi connectivity index (χ2n) is 7.82. The molecule has 0 bridgehead atoms. The second-order valence-corrected chi connectivity index (χ2v) is 7.82. The van der Waals surface area contributed by atoms with Crippen molar-refractivity contribution in [2.45, 2.75) is 13.0 Å². The summed E-state index contributed by atoms with van der Waals surface area (Å²) < 4.78 is 5.81. The Bertz CT molecular complexity index is 940. The van der Waals surface area contributed by atoms with Crippen molar-refractivity contribution in [3.05, 3.63) is 90.3 Å². The summed E-state index contributed by atoms with van der Waals surface area (Å²) in [4.78, 5) is 20.1. The topological polar surface area (TPSA) is 58.9 Å². The van der Waals surface area contributed by atoms with Gasteiger partial charge in [0.1, 0.15) is 12.4 Å². The van der Waals surface area contributed by atoms with Gasteiger partial charge in [0.2, 0.25) is 0 Å². The average Bonchev–Trinajstić information content (AvgIpc) is 2.84. The smallest absolute Gasteiger partial charge is 0.322 e. The molecule has 4 rings (SSSR count). The Morgan fingerprint density at radius 3 is 2.35 bits per heavy atom. The normalized spacial score (nSPS) is 14.3. The molecule has 1 aliphatic heterocycles. The summed E-state index contributed by atoms with van der Waals surface area (Å²) in [5.41, 5.74) is 3.23. The molecule has 0 spiro atoms. The molecule has 2 aromatic carbocycles. The predicted molar refractivity (Wildman–Crippen MR) is 121 cm³/mol. The predicted octanol–water partition coefficient (Wildman–Crippen LogP) is 2.64. The van der Waals surface area contributed by atoms with E-state index in [4.69, 9.17) is 4.74 Å². The third kappa shape index (κ3) is 6.30. The molecule has 0 aliphatic carbocycles. The van der Waals surface area contributed by atoms with Gasteiger partial charge in [-0.15, -0.1) is 0 Å². The van der Waals surface area contributed by atoms with Crippen LogP contribution < -0.4 is 15.0 Å². The zero-order chi connectivity index (χ0) is 21.3. The van der Waals surface area contributed by atoms with Crippen molar-refractivity contribution in [3.8, 4) is 5.75 Å². The number of nitrogens with one attached hydrogen (secondary N) is 2. The van der Waals surface area contributed by atoms with E-state index >= 15 is 0 Å². The maximum absolute atomic E-state index is 12.6. The molecule has 1 aromatic heterocycles. The van der Waals surface area contributed by atoms with Gasteiger partial charge in [-0.3, -0.25) is 4.98 Å². The number of amides is 2. The highest BCUT2D eigenvalue weighted by molar-refractivity contribution is 5.89. The fourth-order valence-electron chi connectivity index (χ4n) is 3.72. The molecule has 0 atom stereocenters. The molecule has 0 unspecified atom stereocenters. The Balaban J connectivity index is 1.19. The summed E-state index contributed by atoms with van der Waals surface area (Å²) in [5, 5.41) is 3.00. The minimum absolute atomic E-state index is 0.0360. The molecule has 1 aliphatic rings. The van der Waals surface area contributed by atoms with Gasteiger partial charge in [-0.2, -0.15) is 0 Å². The zero-order valence-corrected chi connectivity index (χ0v) is 17.7. The van der Waals surface area contributed by atoms with Crippen molar-refractivity contribution in [1.82, 2.24) is 9.88 Å². The monoisotopic (exact) mass is 417 g/mol. The van der Waals surface area contributed by atoms with Crippen molar-refractivity contribution in [3.63, 3.8) is 0 Å². The Morgan fingerprint density at radius 1 is 0.935 bits per heavy atom.